The zero-order valence-electron chi connectivity index (χ0n) is 26.7. The molecule has 236 valence electrons. The number of benzene rings is 3. The zero-order valence-corrected chi connectivity index (χ0v) is 26.7. The van der Waals surface area contributed by atoms with Gasteiger partial charge in [0.1, 0.15) is 12.4 Å². The minimum atomic E-state index is 0.488. The summed E-state index contributed by atoms with van der Waals surface area (Å²) < 4.78 is 27.4. The normalized spacial score (nSPS) is 11.1. The third-order valence-electron chi connectivity index (χ3n) is 7.29. The van der Waals surface area contributed by atoms with Gasteiger partial charge in [-0.1, -0.05) is 63.8 Å². The Morgan fingerprint density at radius 1 is 0.465 bits per heavy atom. The fourth-order valence-corrected chi connectivity index (χ4v) is 4.82. The number of hydrogen-bond donors (Lipinski definition) is 0. The number of rotatable bonds is 24. The van der Waals surface area contributed by atoms with Crippen molar-refractivity contribution >= 4 is 17.1 Å². The fourth-order valence-electron chi connectivity index (χ4n) is 4.82. The lowest BCUT2D eigenvalue weighted by atomic mass is 10.0. The molecule has 3 aromatic carbocycles. The van der Waals surface area contributed by atoms with E-state index in [0.29, 0.717) is 52.9 Å². The summed E-state index contributed by atoms with van der Waals surface area (Å²) >= 11 is 0. The number of unbranched alkanes of at least 4 members (excludes halogenated alkanes) is 4. The van der Waals surface area contributed by atoms with Crippen LogP contribution in [0, 0.1) is 0 Å². The summed E-state index contributed by atoms with van der Waals surface area (Å²) in [5.74, 6) is 0.828. The van der Waals surface area contributed by atoms with Crippen LogP contribution in [0.5, 0.6) is 5.75 Å². The molecule has 0 saturated carbocycles. The van der Waals surface area contributed by atoms with Gasteiger partial charge in [0.2, 0.25) is 0 Å². The Balaban J connectivity index is 1.54. The molecule has 0 aromatic heterocycles. The monoisotopic (exact) mass is 591 g/mol. The van der Waals surface area contributed by atoms with E-state index in [4.69, 9.17) is 23.7 Å². The molecule has 0 aliphatic heterocycles. The Hall–Kier alpha value is -2.90. The highest BCUT2D eigenvalue weighted by atomic mass is 16.6. The Labute approximate surface area is 260 Å². The van der Waals surface area contributed by atoms with Crippen LogP contribution >= 0.6 is 0 Å². The average molecular weight is 592 g/mol. The van der Waals surface area contributed by atoms with Crippen molar-refractivity contribution in [3.05, 3.63) is 83.9 Å². The lowest BCUT2D eigenvalue weighted by molar-refractivity contribution is 0.000164. The molecule has 0 radical (unpaired) electrons. The van der Waals surface area contributed by atoms with E-state index in [1.165, 1.54) is 49.7 Å². The minimum absolute atomic E-state index is 0.488. The van der Waals surface area contributed by atoms with Crippen molar-refractivity contribution in [2.24, 2.45) is 0 Å². The van der Waals surface area contributed by atoms with Gasteiger partial charge in [0, 0.05) is 24.2 Å². The van der Waals surface area contributed by atoms with Crippen molar-refractivity contribution in [1.29, 1.82) is 0 Å². The maximum Gasteiger partial charge on any atom is 0.119 e. The highest BCUT2D eigenvalue weighted by Gasteiger charge is 2.13. The van der Waals surface area contributed by atoms with Crippen molar-refractivity contribution < 1.29 is 23.7 Å². The summed E-state index contributed by atoms with van der Waals surface area (Å²) in [6.45, 7) is 8.88. The third kappa shape index (κ3) is 13.5. The number of methoxy groups -OCH3 is 1. The molecule has 6 heteroatoms. The summed E-state index contributed by atoms with van der Waals surface area (Å²) in [7, 11) is 1.66. The first-order chi connectivity index (χ1) is 21.2. The number of nitrogens with zero attached hydrogens (tertiary/aromatic N) is 1. The smallest absolute Gasteiger partial charge is 0.119 e. The second kappa shape index (κ2) is 21.7. The van der Waals surface area contributed by atoms with Gasteiger partial charge in [0.15, 0.2) is 0 Å². The topological polar surface area (TPSA) is 49.4 Å². The first-order valence-corrected chi connectivity index (χ1v) is 16.2. The molecule has 0 spiro atoms. The Kier molecular flexibility index (Phi) is 17.5. The van der Waals surface area contributed by atoms with Crippen LogP contribution < -0.4 is 9.64 Å². The summed E-state index contributed by atoms with van der Waals surface area (Å²) in [6, 6.07) is 26.4. The van der Waals surface area contributed by atoms with E-state index in [0.717, 1.165) is 35.7 Å². The third-order valence-corrected chi connectivity index (χ3v) is 7.29. The molecule has 0 heterocycles. The van der Waals surface area contributed by atoms with Crippen LogP contribution in [0.1, 0.15) is 63.5 Å². The van der Waals surface area contributed by atoms with Crippen molar-refractivity contribution in [3.63, 3.8) is 0 Å². The highest BCUT2D eigenvalue weighted by Crippen LogP contribution is 2.35. The van der Waals surface area contributed by atoms with Crippen LogP contribution in [0.2, 0.25) is 0 Å². The van der Waals surface area contributed by atoms with Crippen molar-refractivity contribution in [1.82, 2.24) is 0 Å². The molecular formula is C37H53NO5. The molecule has 0 aliphatic carbocycles. The first kappa shape index (κ1) is 34.6. The van der Waals surface area contributed by atoms with Crippen LogP contribution in [0.25, 0.3) is 0 Å². The van der Waals surface area contributed by atoms with Crippen LogP contribution in [-0.2, 0) is 31.8 Å². The molecule has 3 rings (SSSR count). The lowest BCUT2D eigenvalue weighted by Gasteiger charge is -2.26. The van der Waals surface area contributed by atoms with Gasteiger partial charge in [-0.3, -0.25) is 0 Å². The van der Waals surface area contributed by atoms with Gasteiger partial charge < -0.3 is 28.6 Å². The van der Waals surface area contributed by atoms with E-state index in [2.05, 4.69) is 79.4 Å². The molecule has 0 atom stereocenters. The molecule has 0 N–H and O–H groups in total. The zero-order chi connectivity index (χ0) is 30.4. The van der Waals surface area contributed by atoms with Gasteiger partial charge in [-0.15, -0.1) is 0 Å². The second-order valence-corrected chi connectivity index (χ2v) is 10.8. The van der Waals surface area contributed by atoms with Gasteiger partial charge in [0.05, 0.1) is 46.2 Å². The molecule has 43 heavy (non-hydrogen) atoms. The largest absolute Gasteiger partial charge is 0.491 e. The minimum Gasteiger partial charge on any atom is -0.491 e. The number of ether oxygens (including phenoxy) is 5. The Morgan fingerprint density at radius 2 is 0.860 bits per heavy atom. The van der Waals surface area contributed by atoms with E-state index in [1.54, 1.807) is 7.11 Å². The molecule has 0 aliphatic rings. The number of hydrogen-bond acceptors (Lipinski definition) is 6. The van der Waals surface area contributed by atoms with Crippen LogP contribution in [0.3, 0.4) is 0 Å². The first-order valence-electron chi connectivity index (χ1n) is 16.2. The maximum atomic E-state index is 5.94. The molecule has 0 fully saturated rings. The molecule has 0 bridgehead atoms. The van der Waals surface area contributed by atoms with Crippen LogP contribution in [0.4, 0.5) is 17.1 Å². The quantitative estimate of drug-likeness (QED) is 0.0972. The predicted molar refractivity (Wildman–Crippen MR) is 177 cm³/mol. The number of aryl methyl sites for hydroxylation is 2. The second-order valence-electron chi connectivity index (χ2n) is 10.8. The van der Waals surface area contributed by atoms with Crippen LogP contribution in [0.15, 0.2) is 72.8 Å². The van der Waals surface area contributed by atoms with Crippen molar-refractivity contribution in [2.75, 3.05) is 64.9 Å². The maximum absolute atomic E-state index is 5.94. The van der Waals surface area contributed by atoms with Crippen molar-refractivity contribution in [2.45, 2.75) is 65.2 Å². The molecule has 6 nitrogen and oxygen atoms in total. The Morgan fingerprint density at radius 3 is 1.28 bits per heavy atom. The summed E-state index contributed by atoms with van der Waals surface area (Å²) in [4.78, 5) is 2.32. The molecule has 0 saturated heterocycles. The average Bonchev–Trinajstić information content (AvgIpc) is 3.04. The fraction of sp³-hybridized carbons (Fsp3) is 0.514. The van der Waals surface area contributed by atoms with Gasteiger partial charge >= 0.3 is 0 Å². The summed E-state index contributed by atoms with van der Waals surface area (Å²) in [6.07, 6.45) is 9.79. The summed E-state index contributed by atoms with van der Waals surface area (Å²) in [5, 5.41) is 0. The van der Waals surface area contributed by atoms with E-state index in [-0.39, 0.29) is 0 Å². The van der Waals surface area contributed by atoms with Gasteiger partial charge in [-0.25, -0.2) is 0 Å². The van der Waals surface area contributed by atoms with E-state index in [1.807, 2.05) is 12.1 Å². The molecular weight excluding hydrogens is 538 g/mol. The van der Waals surface area contributed by atoms with Gasteiger partial charge in [0.25, 0.3) is 0 Å². The van der Waals surface area contributed by atoms with E-state index >= 15 is 0 Å². The molecule has 0 amide bonds. The SMILES string of the molecule is CCCCCc1ccc(N(c2ccc(CCCCC)cc2)c2ccc(OCCOCCOCCOCCOC)cc2)cc1. The van der Waals surface area contributed by atoms with E-state index in [9.17, 15) is 0 Å². The van der Waals surface area contributed by atoms with Gasteiger partial charge in [-0.2, -0.15) is 0 Å². The molecule has 0 unspecified atom stereocenters. The lowest BCUT2D eigenvalue weighted by Crippen LogP contribution is -2.13. The number of anilines is 3. The Bertz CT molecular complexity index is 1030. The summed E-state index contributed by atoms with van der Waals surface area (Å²) in [5.41, 5.74) is 6.21. The highest BCUT2D eigenvalue weighted by molar-refractivity contribution is 5.76. The van der Waals surface area contributed by atoms with Crippen LogP contribution in [-0.4, -0.2) is 60.0 Å². The molecule has 3 aromatic rings. The van der Waals surface area contributed by atoms with Gasteiger partial charge in [-0.05, 0) is 85.3 Å². The standard InChI is InChI=1S/C37H53NO5/c1-4-6-8-10-32-12-16-34(17-13-32)38(35-18-14-33(15-19-35)11-9-7-5-2)36-20-22-37(23-21-36)43-31-30-42-29-28-41-27-26-40-25-24-39-3/h12-23H,4-11,24-31H2,1-3H3. The van der Waals surface area contributed by atoms with E-state index < -0.39 is 0 Å². The predicted octanol–water partition coefficient (Wildman–Crippen LogP) is 8.70. The van der Waals surface area contributed by atoms with Crippen molar-refractivity contribution in [3.8, 4) is 5.75 Å².